The lowest BCUT2D eigenvalue weighted by atomic mass is 10.00. The minimum atomic E-state index is -1.33. The van der Waals surface area contributed by atoms with E-state index >= 15 is 0 Å². The third-order valence-electron chi connectivity index (χ3n) is 2.74. The van der Waals surface area contributed by atoms with E-state index in [1.165, 1.54) is 49.1 Å². The van der Waals surface area contributed by atoms with Gasteiger partial charge in [-0.3, -0.25) is 9.97 Å². The number of pyridine rings is 2. The van der Waals surface area contributed by atoms with Gasteiger partial charge in [0.1, 0.15) is 0 Å². The second-order valence-corrected chi connectivity index (χ2v) is 4.06. The molecule has 0 spiro atoms. The van der Waals surface area contributed by atoms with E-state index in [1.807, 2.05) is 0 Å². The highest BCUT2D eigenvalue weighted by Gasteiger charge is 2.31. The highest BCUT2D eigenvalue weighted by Crippen LogP contribution is 2.34. The van der Waals surface area contributed by atoms with Gasteiger partial charge in [0.2, 0.25) is 0 Å². The van der Waals surface area contributed by atoms with Crippen LogP contribution in [0.25, 0.3) is 0 Å². The van der Waals surface area contributed by atoms with Crippen LogP contribution in [-0.4, -0.2) is 20.1 Å². The summed E-state index contributed by atoms with van der Waals surface area (Å²) in [6.07, 6.45) is 2.91. The Morgan fingerprint density at radius 3 is 1.36 bits per heavy atom. The van der Waals surface area contributed by atoms with Gasteiger partial charge in [0.25, 0.3) is 10.2 Å². The fourth-order valence-corrected chi connectivity index (χ4v) is 1.87. The predicted octanol–water partition coefficient (Wildman–Crippen LogP) is 1.68. The maximum Gasteiger partial charge on any atom is 0.295 e. The highest BCUT2D eigenvalue weighted by atomic mass is 17.0. The number of hydrogen-bond acceptors (Lipinski definition) is 8. The Hall–Kier alpha value is -3.30. The van der Waals surface area contributed by atoms with E-state index in [2.05, 4.69) is 19.6 Å². The van der Waals surface area contributed by atoms with Gasteiger partial charge in [-0.15, -0.1) is 20.2 Å². The van der Waals surface area contributed by atoms with Crippen molar-refractivity contribution in [1.82, 2.24) is 9.97 Å². The van der Waals surface area contributed by atoms with Gasteiger partial charge >= 0.3 is 0 Å². The van der Waals surface area contributed by atoms with Gasteiger partial charge in [0.05, 0.1) is 0 Å². The van der Waals surface area contributed by atoms with Crippen molar-refractivity contribution in [3.63, 3.8) is 0 Å². The zero-order chi connectivity index (χ0) is 15.9. The molecular weight excluding hydrogens is 296 g/mol. The molecule has 0 aliphatic rings. The van der Waals surface area contributed by atoms with Crippen molar-refractivity contribution in [3.05, 3.63) is 80.4 Å². The molecule has 2 aromatic rings. The van der Waals surface area contributed by atoms with Gasteiger partial charge in [-0.25, -0.2) is 0 Å². The van der Waals surface area contributed by atoms with Gasteiger partial charge in [-0.1, -0.05) is 0 Å². The Morgan fingerprint density at radius 2 is 1.09 bits per heavy atom. The average Bonchev–Trinajstić information content (AvgIpc) is 2.52. The van der Waals surface area contributed by atoms with E-state index in [0.717, 1.165) is 0 Å². The molecule has 0 unspecified atom stereocenters. The molecule has 0 amide bonds. The van der Waals surface area contributed by atoms with E-state index in [4.69, 9.17) is 0 Å². The number of aromatic nitrogens is 2. The predicted molar refractivity (Wildman–Crippen MR) is 70.1 cm³/mol. The van der Waals surface area contributed by atoms with Crippen LogP contribution in [0.1, 0.15) is 23.3 Å². The molecule has 10 nitrogen and oxygen atoms in total. The fourth-order valence-electron chi connectivity index (χ4n) is 1.87. The lowest BCUT2D eigenvalue weighted by molar-refractivity contribution is -0.803. The van der Waals surface area contributed by atoms with Crippen LogP contribution in [0.4, 0.5) is 0 Å². The zero-order valence-electron chi connectivity index (χ0n) is 11.0. The van der Waals surface area contributed by atoms with Crippen LogP contribution >= 0.6 is 0 Å². The Bertz CT molecular complexity index is 581. The molecule has 0 aromatic carbocycles. The Morgan fingerprint density at radius 1 is 0.773 bits per heavy atom. The summed E-state index contributed by atoms with van der Waals surface area (Å²) in [5.41, 5.74) is 0.630. The lowest BCUT2D eigenvalue weighted by Gasteiger charge is -2.24. The summed E-state index contributed by atoms with van der Waals surface area (Å²) in [5.74, 6) is 0. The van der Waals surface area contributed by atoms with E-state index in [9.17, 15) is 20.2 Å². The Kier molecular flexibility index (Phi) is 4.75. The summed E-state index contributed by atoms with van der Waals surface area (Å²) in [6, 6.07) is 5.80. The molecule has 10 heteroatoms. The van der Waals surface area contributed by atoms with Crippen molar-refractivity contribution in [2.24, 2.45) is 0 Å². The van der Waals surface area contributed by atoms with Gasteiger partial charge in [-0.05, 0) is 35.4 Å². The molecule has 2 aromatic heterocycles. The SMILES string of the molecule is O=[N+]([O-])O[C@@H](c1ccncc1)[C@@H](O[N+](=O)[O-])c1ccncc1. The van der Waals surface area contributed by atoms with Crippen LogP contribution < -0.4 is 0 Å². The molecular formula is C12H10N4O6. The van der Waals surface area contributed by atoms with Crippen LogP contribution in [0.5, 0.6) is 0 Å². The topological polar surface area (TPSA) is 131 Å². The highest BCUT2D eigenvalue weighted by molar-refractivity contribution is 5.22. The third kappa shape index (κ3) is 3.85. The van der Waals surface area contributed by atoms with E-state index in [-0.39, 0.29) is 0 Å². The zero-order valence-corrected chi connectivity index (χ0v) is 11.0. The smallest absolute Gasteiger partial charge is 0.295 e. The number of hydrogen-bond donors (Lipinski definition) is 0. The molecule has 2 atom stereocenters. The molecule has 2 heterocycles. The van der Waals surface area contributed by atoms with E-state index in [0.29, 0.717) is 11.1 Å². The second-order valence-electron chi connectivity index (χ2n) is 4.06. The standard InChI is InChI=1S/C12H10N4O6/c17-15(18)21-11(9-1-5-13-6-2-9)12(22-16(19)20)10-3-7-14-8-4-10/h1-8,11-12H/t11-,12-/m0/s1. The molecule has 22 heavy (non-hydrogen) atoms. The fraction of sp³-hybridized carbons (Fsp3) is 0.167. The van der Waals surface area contributed by atoms with Crippen molar-refractivity contribution in [2.75, 3.05) is 0 Å². The maximum absolute atomic E-state index is 10.7. The summed E-state index contributed by atoms with van der Waals surface area (Å²) in [5, 5.41) is 19.4. The number of nitrogens with zero attached hydrogens (tertiary/aromatic N) is 4. The lowest BCUT2D eigenvalue weighted by Crippen LogP contribution is -2.22. The minimum Gasteiger partial charge on any atom is -0.303 e. The van der Waals surface area contributed by atoms with Crippen molar-refractivity contribution >= 4 is 0 Å². The Balaban J connectivity index is 2.43. The van der Waals surface area contributed by atoms with E-state index < -0.39 is 22.4 Å². The van der Waals surface area contributed by atoms with Crippen LogP contribution in [0.15, 0.2) is 49.1 Å². The van der Waals surface area contributed by atoms with Crippen molar-refractivity contribution in [3.8, 4) is 0 Å². The quantitative estimate of drug-likeness (QED) is 0.557. The molecule has 114 valence electrons. The molecule has 0 radical (unpaired) electrons. The minimum absolute atomic E-state index is 0.315. The van der Waals surface area contributed by atoms with Gasteiger partial charge < -0.3 is 9.68 Å². The normalized spacial score (nSPS) is 12.9. The molecule has 0 N–H and O–H groups in total. The second kappa shape index (κ2) is 6.92. The van der Waals surface area contributed by atoms with Gasteiger partial charge in [-0.2, -0.15) is 0 Å². The summed E-state index contributed by atoms with van der Waals surface area (Å²) >= 11 is 0. The number of rotatable bonds is 7. The van der Waals surface area contributed by atoms with Gasteiger partial charge in [0, 0.05) is 24.8 Å². The first-order chi connectivity index (χ1) is 10.6. The van der Waals surface area contributed by atoms with Crippen molar-refractivity contribution in [1.29, 1.82) is 0 Å². The maximum atomic E-state index is 10.7. The summed E-state index contributed by atoms with van der Waals surface area (Å²) in [4.78, 5) is 38.2. The third-order valence-corrected chi connectivity index (χ3v) is 2.74. The largest absolute Gasteiger partial charge is 0.303 e. The Labute approximate surface area is 123 Å². The first kappa shape index (κ1) is 15.1. The van der Waals surface area contributed by atoms with Crippen LogP contribution in [-0.2, 0) is 9.68 Å². The molecule has 0 bridgehead atoms. The monoisotopic (exact) mass is 306 g/mol. The molecule has 0 aliphatic heterocycles. The van der Waals surface area contributed by atoms with Crippen LogP contribution in [0.3, 0.4) is 0 Å². The summed E-state index contributed by atoms with van der Waals surface area (Å²) in [7, 11) is 0. The van der Waals surface area contributed by atoms with Crippen molar-refractivity contribution in [2.45, 2.75) is 12.2 Å². The van der Waals surface area contributed by atoms with Crippen LogP contribution in [0.2, 0.25) is 0 Å². The molecule has 0 aliphatic carbocycles. The van der Waals surface area contributed by atoms with Crippen LogP contribution in [0, 0.1) is 20.2 Å². The average molecular weight is 306 g/mol. The molecule has 0 fully saturated rings. The first-order valence-corrected chi connectivity index (χ1v) is 6.00. The van der Waals surface area contributed by atoms with Gasteiger partial charge in [0.15, 0.2) is 12.2 Å². The summed E-state index contributed by atoms with van der Waals surface area (Å²) in [6.45, 7) is 0. The molecule has 2 rings (SSSR count). The van der Waals surface area contributed by atoms with Crippen molar-refractivity contribution < 1.29 is 19.8 Å². The summed E-state index contributed by atoms with van der Waals surface area (Å²) < 4.78 is 0. The molecule has 0 saturated carbocycles. The van der Waals surface area contributed by atoms with E-state index in [1.54, 1.807) is 0 Å². The molecule has 0 saturated heterocycles. The first-order valence-electron chi connectivity index (χ1n) is 6.00.